The Balaban J connectivity index is 2.24. The van der Waals surface area contributed by atoms with Gasteiger partial charge in [0.25, 0.3) is 0 Å². The molecule has 0 aliphatic rings. The average molecular weight is 267 g/mol. The first-order valence-corrected chi connectivity index (χ1v) is 5.74. The molecule has 4 nitrogen and oxygen atoms in total. The molecule has 2 aromatic heterocycles. The third-order valence-corrected chi connectivity index (χ3v) is 3.31. The van der Waals surface area contributed by atoms with Crippen LogP contribution in [-0.4, -0.2) is 19.7 Å². The highest BCUT2D eigenvalue weighted by molar-refractivity contribution is 6.42. The number of benzene rings is 1. The van der Waals surface area contributed by atoms with Gasteiger partial charge in [-0.05, 0) is 18.2 Å². The zero-order valence-corrected chi connectivity index (χ0v) is 10.4. The van der Waals surface area contributed by atoms with Gasteiger partial charge < -0.3 is 4.98 Å². The number of aromatic amines is 1. The summed E-state index contributed by atoms with van der Waals surface area (Å²) in [6.07, 6.45) is 1.72. The van der Waals surface area contributed by atoms with E-state index in [0.29, 0.717) is 10.0 Å². The highest BCUT2D eigenvalue weighted by Crippen LogP contribution is 2.28. The molecule has 0 saturated heterocycles. The lowest BCUT2D eigenvalue weighted by Crippen LogP contribution is -1.94. The van der Waals surface area contributed by atoms with Crippen LogP contribution < -0.4 is 0 Å². The molecule has 0 saturated carbocycles. The Morgan fingerprint density at radius 2 is 2.00 bits per heavy atom. The van der Waals surface area contributed by atoms with Crippen LogP contribution in [0.2, 0.25) is 10.0 Å². The molecule has 0 amide bonds. The first-order valence-electron chi connectivity index (χ1n) is 4.98. The summed E-state index contributed by atoms with van der Waals surface area (Å²) in [4.78, 5) is 7.65. The molecule has 0 aliphatic heterocycles. The van der Waals surface area contributed by atoms with Gasteiger partial charge in [0.15, 0.2) is 5.82 Å². The van der Waals surface area contributed by atoms with Crippen LogP contribution in [0.25, 0.3) is 22.6 Å². The zero-order valence-electron chi connectivity index (χ0n) is 8.91. The second-order valence-corrected chi connectivity index (χ2v) is 4.52. The fraction of sp³-hybridized carbons (Fsp3) is 0.0909. The molecule has 0 bridgehead atoms. The van der Waals surface area contributed by atoms with Crippen LogP contribution in [0.4, 0.5) is 0 Å². The maximum atomic E-state index is 5.96. The van der Waals surface area contributed by atoms with E-state index in [1.54, 1.807) is 23.0 Å². The first-order chi connectivity index (χ1) is 8.15. The summed E-state index contributed by atoms with van der Waals surface area (Å²) in [5.74, 6) is 0.748. The fourth-order valence-electron chi connectivity index (χ4n) is 1.73. The topological polar surface area (TPSA) is 46.5 Å². The van der Waals surface area contributed by atoms with Crippen LogP contribution in [0.15, 0.2) is 24.4 Å². The van der Waals surface area contributed by atoms with Crippen molar-refractivity contribution in [2.75, 3.05) is 0 Å². The van der Waals surface area contributed by atoms with Crippen molar-refractivity contribution in [2.45, 2.75) is 0 Å². The van der Waals surface area contributed by atoms with Crippen molar-refractivity contribution < 1.29 is 0 Å². The standard InChI is InChI=1S/C11H8Cl2N4/c1-17-10(2-3-14-17)11-15-8-4-6(12)7(13)5-9(8)16-11/h2-5H,1H3,(H,15,16). The molecule has 3 rings (SSSR count). The zero-order chi connectivity index (χ0) is 12.0. The third-order valence-electron chi connectivity index (χ3n) is 2.59. The second-order valence-electron chi connectivity index (χ2n) is 3.71. The van der Waals surface area contributed by atoms with Crippen molar-refractivity contribution >= 4 is 34.2 Å². The van der Waals surface area contributed by atoms with Gasteiger partial charge in [0.2, 0.25) is 0 Å². The molecule has 6 heteroatoms. The van der Waals surface area contributed by atoms with E-state index >= 15 is 0 Å². The van der Waals surface area contributed by atoms with Gasteiger partial charge in [-0.3, -0.25) is 4.68 Å². The Hall–Kier alpha value is -1.52. The summed E-state index contributed by atoms with van der Waals surface area (Å²) < 4.78 is 1.75. The van der Waals surface area contributed by atoms with Crippen molar-refractivity contribution in [1.29, 1.82) is 0 Å². The maximum Gasteiger partial charge on any atom is 0.156 e. The third kappa shape index (κ3) is 1.69. The van der Waals surface area contributed by atoms with Crippen LogP contribution in [0, 0.1) is 0 Å². The molecule has 0 atom stereocenters. The Bertz CT molecular complexity index is 660. The Morgan fingerprint density at radius 1 is 1.24 bits per heavy atom. The smallest absolute Gasteiger partial charge is 0.156 e. The highest BCUT2D eigenvalue weighted by atomic mass is 35.5. The Morgan fingerprint density at radius 3 is 2.71 bits per heavy atom. The summed E-state index contributed by atoms with van der Waals surface area (Å²) >= 11 is 11.9. The van der Waals surface area contributed by atoms with E-state index in [1.807, 2.05) is 13.1 Å². The predicted octanol–water partition coefficient (Wildman–Crippen LogP) is 3.27. The fourth-order valence-corrected chi connectivity index (χ4v) is 2.05. The molecule has 3 aromatic rings. The lowest BCUT2D eigenvalue weighted by atomic mass is 10.3. The second kappa shape index (κ2) is 3.75. The summed E-state index contributed by atoms with van der Waals surface area (Å²) in [5.41, 5.74) is 2.56. The van der Waals surface area contributed by atoms with Crippen molar-refractivity contribution in [1.82, 2.24) is 19.7 Å². The van der Waals surface area contributed by atoms with Crippen LogP contribution >= 0.6 is 23.2 Å². The lowest BCUT2D eigenvalue weighted by Gasteiger charge is -1.95. The maximum absolute atomic E-state index is 5.96. The Kier molecular flexibility index (Phi) is 2.34. The number of imidazole rings is 1. The van der Waals surface area contributed by atoms with E-state index in [9.17, 15) is 0 Å². The number of rotatable bonds is 1. The van der Waals surface area contributed by atoms with E-state index in [2.05, 4.69) is 15.1 Å². The number of hydrogen-bond donors (Lipinski definition) is 1. The van der Waals surface area contributed by atoms with E-state index in [-0.39, 0.29) is 0 Å². The molecule has 0 aliphatic carbocycles. The van der Waals surface area contributed by atoms with E-state index < -0.39 is 0 Å². The Labute approximate surface area is 107 Å². The number of halogens is 2. The molecule has 0 spiro atoms. The lowest BCUT2D eigenvalue weighted by molar-refractivity contribution is 0.771. The van der Waals surface area contributed by atoms with Gasteiger partial charge in [0, 0.05) is 13.2 Å². The minimum Gasteiger partial charge on any atom is -0.337 e. The van der Waals surface area contributed by atoms with Gasteiger partial charge in [-0.2, -0.15) is 5.10 Å². The van der Waals surface area contributed by atoms with Crippen molar-refractivity contribution in [3.63, 3.8) is 0 Å². The summed E-state index contributed by atoms with van der Waals surface area (Å²) in [5, 5.41) is 5.12. The van der Waals surface area contributed by atoms with Gasteiger partial charge in [-0.15, -0.1) is 0 Å². The van der Waals surface area contributed by atoms with E-state index in [0.717, 1.165) is 22.6 Å². The molecule has 1 aromatic carbocycles. The monoisotopic (exact) mass is 266 g/mol. The van der Waals surface area contributed by atoms with Crippen molar-refractivity contribution in [3.05, 3.63) is 34.4 Å². The largest absolute Gasteiger partial charge is 0.337 e. The molecular formula is C11H8Cl2N4. The quantitative estimate of drug-likeness (QED) is 0.735. The molecule has 0 fully saturated rings. The van der Waals surface area contributed by atoms with Gasteiger partial charge in [-0.25, -0.2) is 4.98 Å². The normalized spacial score (nSPS) is 11.2. The minimum absolute atomic E-state index is 0.502. The minimum atomic E-state index is 0.502. The van der Waals surface area contributed by atoms with Crippen LogP contribution in [-0.2, 0) is 7.05 Å². The average Bonchev–Trinajstić information content (AvgIpc) is 2.85. The summed E-state index contributed by atoms with van der Waals surface area (Å²) in [6, 6.07) is 5.41. The number of hydrogen-bond acceptors (Lipinski definition) is 2. The van der Waals surface area contributed by atoms with E-state index in [1.165, 1.54) is 0 Å². The van der Waals surface area contributed by atoms with Crippen molar-refractivity contribution in [3.8, 4) is 11.5 Å². The molecule has 2 heterocycles. The molecule has 0 radical (unpaired) electrons. The van der Waals surface area contributed by atoms with Gasteiger partial charge in [0.05, 0.1) is 21.1 Å². The number of nitrogens with one attached hydrogen (secondary N) is 1. The molecule has 86 valence electrons. The number of H-pyrrole nitrogens is 1. The highest BCUT2D eigenvalue weighted by Gasteiger charge is 2.10. The molecule has 1 N–H and O–H groups in total. The molecule has 17 heavy (non-hydrogen) atoms. The van der Waals surface area contributed by atoms with Gasteiger partial charge >= 0.3 is 0 Å². The SMILES string of the molecule is Cn1nccc1-c1nc2cc(Cl)c(Cl)cc2[nH]1. The summed E-state index contributed by atoms with van der Waals surface area (Å²) in [7, 11) is 1.86. The van der Waals surface area contributed by atoms with E-state index in [4.69, 9.17) is 23.2 Å². The summed E-state index contributed by atoms with van der Waals surface area (Å²) in [6.45, 7) is 0. The number of aryl methyl sites for hydroxylation is 1. The van der Waals surface area contributed by atoms with Crippen LogP contribution in [0.1, 0.15) is 0 Å². The first kappa shape index (κ1) is 10.6. The van der Waals surface area contributed by atoms with Crippen LogP contribution in [0.3, 0.4) is 0 Å². The van der Waals surface area contributed by atoms with Crippen molar-refractivity contribution in [2.24, 2.45) is 7.05 Å². The number of fused-ring (bicyclic) bond motifs is 1. The van der Waals surface area contributed by atoms with Gasteiger partial charge in [0.1, 0.15) is 5.69 Å². The molecular weight excluding hydrogens is 259 g/mol. The molecule has 0 unspecified atom stereocenters. The number of nitrogens with zero attached hydrogens (tertiary/aromatic N) is 3. The van der Waals surface area contributed by atoms with Gasteiger partial charge in [-0.1, -0.05) is 23.2 Å². The van der Waals surface area contributed by atoms with Crippen LogP contribution in [0.5, 0.6) is 0 Å². The predicted molar refractivity (Wildman–Crippen MR) is 68.3 cm³/mol. The number of aromatic nitrogens is 4.